The fourth-order valence-corrected chi connectivity index (χ4v) is 3.63. The summed E-state index contributed by atoms with van der Waals surface area (Å²) in [7, 11) is 0. The molecule has 4 N–H and O–H groups in total. The Morgan fingerprint density at radius 1 is 1.42 bits per heavy atom. The van der Waals surface area contributed by atoms with Gasteiger partial charge < -0.3 is 5.11 Å². The van der Waals surface area contributed by atoms with Crippen LogP contribution in [0.2, 0.25) is 0 Å². The van der Waals surface area contributed by atoms with E-state index in [4.69, 9.17) is 5.84 Å². The van der Waals surface area contributed by atoms with E-state index in [0.717, 1.165) is 38.8 Å². The number of carbonyl (C=O) groups is 1. The predicted molar refractivity (Wildman–Crippen MR) is 74.1 cm³/mol. The zero-order valence-electron chi connectivity index (χ0n) is 12.1. The molecule has 1 saturated carbocycles. The Balaban J connectivity index is 1.98. The molecule has 1 heterocycles. The van der Waals surface area contributed by atoms with Gasteiger partial charge in [-0.1, -0.05) is 19.8 Å². The van der Waals surface area contributed by atoms with Crippen LogP contribution in [-0.4, -0.2) is 40.6 Å². The molecule has 0 aromatic heterocycles. The van der Waals surface area contributed by atoms with E-state index in [1.807, 2.05) is 6.92 Å². The van der Waals surface area contributed by atoms with E-state index < -0.39 is 5.60 Å². The first kappa shape index (κ1) is 14.8. The summed E-state index contributed by atoms with van der Waals surface area (Å²) < 4.78 is 0. The van der Waals surface area contributed by atoms with Gasteiger partial charge in [0.1, 0.15) is 0 Å². The zero-order chi connectivity index (χ0) is 14.0. The quantitative estimate of drug-likeness (QED) is 0.399. The highest BCUT2D eigenvalue weighted by atomic mass is 16.3. The number of carbonyl (C=O) groups excluding carboxylic acids is 1. The molecule has 4 unspecified atom stereocenters. The van der Waals surface area contributed by atoms with Crippen LogP contribution in [0.4, 0.5) is 0 Å². The largest absolute Gasteiger partial charge is 0.390 e. The Morgan fingerprint density at radius 3 is 2.84 bits per heavy atom. The first-order valence-corrected chi connectivity index (χ1v) is 7.45. The van der Waals surface area contributed by atoms with Crippen molar-refractivity contribution >= 4 is 5.91 Å². The monoisotopic (exact) mass is 269 g/mol. The summed E-state index contributed by atoms with van der Waals surface area (Å²) in [5.74, 6) is 5.34. The maximum atomic E-state index is 11.6. The molecule has 19 heavy (non-hydrogen) atoms. The number of hydrazine groups is 1. The van der Waals surface area contributed by atoms with Gasteiger partial charge in [-0.05, 0) is 26.2 Å². The molecule has 0 radical (unpaired) electrons. The van der Waals surface area contributed by atoms with Crippen LogP contribution in [0, 0.1) is 11.8 Å². The first-order valence-electron chi connectivity index (χ1n) is 7.45. The topological polar surface area (TPSA) is 78.6 Å². The van der Waals surface area contributed by atoms with Gasteiger partial charge in [-0.2, -0.15) is 0 Å². The third kappa shape index (κ3) is 2.93. The molecular weight excluding hydrogens is 242 g/mol. The van der Waals surface area contributed by atoms with Crippen LogP contribution in [0.15, 0.2) is 0 Å². The molecular formula is C14H27N3O2. The van der Waals surface area contributed by atoms with Crippen LogP contribution in [0.5, 0.6) is 0 Å². The number of nitrogens with two attached hydrogens (primary N) is 1. The number of amides is 1. The molecule has 0 spiro atoms. The third-order valence-electron chi connectivity index (χ3n) is 5.31. The van der Waals surface area contributed by atoms with Gasteiger partial charge in [-0.3, -0.25) is 15.1 Å². The molecule has 5 heteroatoms. The second-order valence-electron chi connectivity index (χ2n) is 6.33. The van der Waals surface area contributed by atoms with E-state index in [1.54, 1.807) is 0 Å². The van der Waals surface area contributed by atoms with Crippen LogP contribution < -0.4 is 11.3 Å². The lowest BCUT2D eigenvalue weighted by Crippen LogP contribution is -2.57. The molecule has 1 amide bonds. The molecule has 0 bridgehead atoms. The predicted octanol–water partition coefficient (Wildman–Crippen LogP) is 0.628. The Labute approximate surface area is 115 Å². The summed E-state index contributed by atoms with van der Waals surface area (Å²) in [6, 6.07) is 0.162. The van der Waals surface area contributed by atoms with Gasteiger partial charge >= 0.3 is 0 Å². The van der Waals surface area contributed by atoms with Gasteiger partial charge in [0.15, 0.2) is 0 Å². The molecule has 2 rings (SSSR count). The van der Waals surface area contributed by atoms with Crippen molar-refractivity contribution in [3.8, 4) is 0 Å². The summed E-state index contributed by atoms with van der Waals surface area (Å²) in [6.07, 6.45) is 5.25. The number of hydrogen-bond acceptors (Lipinski definition) is 4. The molecule has 2 fully saturated rings. The van der Waals surface area contributed by atoms with Crippen LogP contribution >= 0.6 is 0 Å². The average Bonchev–Trinajstić information content (AvgIpc) is 2.43. The van der Waals surface area contributed by atoms with Gasteiger partial charge in [-0.25, -0.2) is 5.84 Å². The number of aliphatic hydroxyl groups is 1. The van der Waals surface area contributed by atoms with E-state index in [-0.39, 0.29) is 17.9 Å². The molecule has 0 aromatic rings. The fourth-order valence-electron chi connectivity index (χ4n) is 3.63. The van der Waals surface area contributed by atoms with E-state index in [9.17, 15) is 9.90 Å². The van der Waals surface area contributed by atoms with Gasteiger partial charge in [0, 0.05) is 25.0 Å². The Hall–Kier alpha value is -0.650. The molecule has 110 valence electrons. The smallest absolute Gasteiger partial charge is 0.238 e. The number of rotatable bonds is 3. The van der Waals surface area contributed by atoms with Crippen molar-refractivity contribution in [2.24, 2.45) is 17.7 Å². The van der Waals surface area contributed by atoms with Gasteiger partial charge in [-0.15, -0.1) is 0 Å². The highest BCUT2D eigenvalue weighted by Crippen LogP contribution is 2.40. The highest BCUT2D eigenvalue weighted by Gasteiger charge is 2.44. The Kier molecular flexibility index (Phi) is 4.48. The minimum atomic E-state index is -0.451. The van der Waals surface area contributed by atoms with Crippen LogP contribution in [0.25, 0.3) is 0 Å². The summed E-state index contributed by atoms with van der Waals surface area (Å²) >= 11 is 0. The molecule has 0 aromatic carbocycles. The van der Waals surface area contributed by atoms with Crippen molar-refractivity contribution in [3.05, 3.63) is 0 Å². The summed E-state index contributed by atoms with van der Waals surface area (Å²) in [4.78, 5) is 14.0. The molecule has 2 aliphatic rings. The third-order valence-corrected chi connectivity index (χ3v) is 5.31. The second-order valence-corrected chi connectivity index (χ2v) is 6.33. The van der Waals surface area contributed by atoms with E-state index >= 15 is 0 Å². The van der Waals surface area contributed by atoms with Crippen LogP contribution in [0.3, 0.4) is 0 Å². The zero-order valence-corrected chi connectivity index (χ0v) is 12.1. The van der Waals surface area contributed by atoms with E-state index in [0.29, 0.717) is 5.92 Å². The number of nitrogens with one attached hydrogen (secondary N) is 1. The number of fused-ring (bicyclic) bond motifs is 1. The van der Waals surface area contributed by atoms with Gasteiger partial charge in [0.05, 0.1) is 11.5 Å². The van der Waals surface area contributed by atoms with Gasteiger partial charge in [0.25, 0.3) is 0 Å². The lowest BCUT2D eigenvalue weighted by molar-refractivity contribution is -0.130. The van der Waals surface area contributed by atoms with E-state index in [2.05, 4.69) is 17.2 Å². The lowest BCUT2D eigenvalue weighted by Gasteiger charge is -2.49. The van der Waals surface area contributed by atoms with Crippen molar-refractivity contribution < 1.29 is 9.90 Å². The molecule has 1 aliphatic carbocycles. The summed E-state index contributed by atoms with van der Waals surface area (Å²) in [5.41, 5.74) is 1.78. The second kappa shape index (κ2) is 5.77. The van der Waals surface area contributed by atoms with Crippen molar-refractivity contribution in [1.82, 2.24) is 10.3 Å². The molecule has 1 aliphatic heterocycles. The number of likely N-dealkylation sites (tertiary alicyclic amines) is 1. The number of hydrogen-bond donors (Lipinski definition) is 3. The van der Waals surface area contributed by atoms with Crippen LogP contribution in [-0.2, 0) is 4.79 Å². The van der Waals surface area contributed by atoms with Crippen LogP contribution in [0.1, 0.15) is 46.0 Å². The maximum absolute atomic E-state index is 11.6. The van der Waals surface area contributed by atoms with Crippen molar-refractivity contribution in [3.63, 3.8) is 0 Å². The first-order chi connectivity index (χ1) is 8.98. The Morgan fingerprint density at radius 2 is 2.16 bits per heavy atom. The standard InChI is InChI=1S/C14H27N3O2/c1-10(13(18)16-15)11(2)17-8-7-14(19)6-4-3-5-12(14)9-17/h10-12,19H,3-9,15H2,1-2H3,(H,16,18). The summed E-state index contributed by atoms with van der Waals surface area (Å²) in [5, 5.41) is 10.7. The number of piperidine rings is 1. The van der Waals surface area contributed by atoms with E-state index in [1.165, 1.54) is 6.42 Å². The SMILES string of the molecule is CC(C(=O)NN)C(C)N1CCC2(O)CCCCC2C1. The minimum Gasteiger partial charge on any atom is -0.390 e. The lowest BCUT2D eigenvalue weighted by atomic mass is 9.71. The Bertz CT molecular complexity index is 337. The summed E-state index contributed by atoms with van der Waals surface area (Å²) in [6.45, 7) is 5.76. The van der Waals surface area contributed by atoms with Gasteiger partial charge in [0.2, 0.25) is 5.91 Å². The molecule has 5 nitrogen and oxygen atoms in total. The van der Waals surface area contributed by atoms with Crippen molar-refractivity contribution in [2.75, 3.05) is 13.1 Å². The van der Waals surface area contributed by atoms with Crippen molar-refractivity contribution in [2.45, 2.75) is 57.6 Å². The normalized spacial score (nSPS) is 35.3. The van der Waals surface area contributed by atoms with Crippen molar-refractivity contribution in [1.29, 1.82) is 0 Å². The fraction of sp³-hybridized carbons (Fsp3) is 0.929. The number of nitrogens with zero attached hydrogens (tertiary/aromatic N) is 1. The minimum absolute atomic E-state index is 0.114. The highest BCUT2D eigenvalue weighted by molar-refractivity contribution is 5.78. The maximum Gasteiger partial charge on any atom is 0.238 e. The average molecular weight is 269 g/mol. The molecule has 4 atom stereocenters. The molecule has 1 saturated heterocycles.